The van der Waals surface area contributed by atoms with E-state index >= 15 is 0 Å². The van der Waals surface area contributed by atoms with Gasteiger partial charge < -0.3 is 11.1 Å². The zero-order chi connectivity index (χ0) is 7.82. The van der Waals surface area contributed by atoms with E-state index in [-0.39, 0.29) is 0 Å². The van der Waals surface area contributed by atoms with Crippen molar-refractivity contribution in [3.8, 4) is 0 Å². The molecule has 0 aromatic heterocycles. The molecule has 0 aliphatic rings. The second kappa shape index (κ2) is 7.05. The third kappa shape index (κ3) is 6.07. The Balaban J connectivity index is 3.16. The van der Waals surface area contributed by atoms with Crippen LogP contribution in [0, 0.1) is 0 Å². The summed E-state index contributed by atoms with van der Waals surface area (Å²) in [4.78, 5) is 0. The fourth-order valence-electron chi connectivity index (χ4n) is 0.371. The molecule has 0 amide bonds. The molecule has 0 aliphatic carbocycles. The Hall–Kier alpha value is -0.0600. The Morgan fingerprint density at radius 2 is 2.50 bits per heavy atom. The lowest BCUT2D eigenvalue weighted by Crippen LogP contribution is -2.51. The van der Waals surface area contributed by atoms with E-state index in [2.05, 4.69) is 17.6 Å². The number of rotatable bonds is 4. The van der Waals surface area contributed by atoms with Crippen molar-refractivity contribution in [3.63, 3.8) is 0 Å². The Morgan fingerprint density at radius 3 is 3.00 bits per heavy atom. The zero-order valence-corrected chi connectivity index (χ0v) is 7.56. The van der Waals surface area contributed by atoms with Gasteiger partial charge in [-0.05, 0) is 0 Å². The first-order valence-electron chi connectivity index (χ1n) is 3.12. The van der Waals surface area contributed by atoms with Gasteiger partial charge in [-0.2, -0.15) is 0 Å². The van der Waals surface area contributed by atoms with Gasteiger partial charge in [0, 0.05) is 12.3 Å². The maximum absolute atomic E-state index is 4.96. The van der Waals surface area contributed by atoms with Crippen molar-refractivity contribution in [1.29, 1.82) is 0 Å². The van der Waals surface area contributed by atoms with E-state index in [1.165, 1.54) is 0 Å². The first-order chi connectivity index (χ1) is 4.81. The molecule has 0 heterocycles. The summed E-state index contributed by atoms with van der Waals surface area (Å²) in [5, 5.41) is 3.02. The average molecular weight is 177 g/mol. The SMILES string of the molecule is C=CCNC(=S)SCC[NH3+]. The van der Waals surface area contributed by atoms with Crippen LogP contribution in [0.5, 0.6) is 0 Å². The molecule has 2 nitrogen and oxygen atoms in total. The minimum atomic E-state index is 0.753. The molecule has 10 heavy (non-hydrogen) atoms. The predicted molar refractivity (Wildman–Crippen MR) is 51.0 cm³/mol. The van der Waals surface area contributed by atoms with E-state index in [4.69, 9.17) is 12.2 Å². The maximum atomic E-state index is 4.96. The summed E-state index contributed by atoms with van der Waals surface area (Å²) in [5.74, 6) is 0.989. The summed E-state index contributed by atoms with van der Waals surface area (Å²) >= 11 is 6.59. The standard InChI is InChI=1S/C6H12N2S2/c1-2-4-8-6(9)10-5-3-7/h2H,1,3-5,7H2,(H,8,9)/p+1. The summed E-state index contributed by atoms with van der Waals surface area (Å²) in [6.07, 6.45) is 1.79. The van der Waals surface area contributed by atoms with E-state index in [1.54, 1.807) is 17.8 Å². The predicted octanol–water partition coefficient (Wildman–Crippen LogP) is 0.0220. The van der Waals surface area contributed by atoms with Gasteiger partial charge in [-0.3, -0.25) is 0 Å². The Bertz CT molecular complexity index is 114. The quantitative estimate of drug-likeness (QED) is 0.470. The highest BCUT2D eigenvalue weighted by Crippen LogP contribution is 1.98. The van der Waals surface area contributed by atoms with Crippen LogP contribution in [-0.4, -0.2) is 23.2 Å². The zero-order valence-electron chi connectivity index (χ0n) is 5.93. The van der Waals surface area contributed by atoms with Gasteiger partial charge in [0.05, 0.1) is 6.54 Å². The lowest BCUT2D eigenvalue weighted by atomic mass is 10.6. The molecule has 0 aromatic carbocycles. The van der Waals surface area contributed by atoms with Gasteiger partial charge in [0.15, 0.2) is 0 Å². The molecular weight excluding hydrogens is 164 g/mol. The topological polar surface area (TPSA) is 39.7 Å². The molecule has 4 N–H and O–H groups in total. The molecule has 0 unspecified atom stereocenters. The van der Waals surface area contributed by atoms with Crippen molar-refractivity contribution in [3.05, 3.63) is 12.7 Å². The summed E-state index contributed by atoms with van der Waals surface area (Å²) < 4.78 is 0.837. The average Bonchev–Trinajstić information content (AvgIpc) is 1.97. The second-order valence-electron chi connectivity index (χ2n) is 1.66. The number of quaternary nitrogens is 1. The lowest BCUT2D eigenvalue weighted by molar-refractivity contribution is -0.360. The summed E-state index contributed by atoms with van der Waals surface area (Å²) in [6.45, 7) is 5.24. The van der Waals surface area contributed by atoms with Crippen LogP contribution in [0.2, 0.25) is 0 Å². The molecule has 0 saturated heterocycles. The normalized spacial score (nSPS) is 8.90. The lowest BCUT2D eigenvalue weighted by Gasteiger charge is -2.01. The van der Waals surface area contributed by atoms with Crippen molar-refractivity contribution in [2.75, 3.05) is 18.8 Å². The van der Waals surface area contributed by atoms with Crippen molar-refractivity contribution in [1.82, 2.24) is 5.32 Å². The minimum Gasteiger partial charge on any atom is -0.368 e. The number of nitrogens with one attached hydrogen (secondary N) is 1. The molecule has 0 bridgehead atoms. The molecule has 4 heteroatoms. The Morgan fingerprint density at radius 1 is 1.80 bits per heavy atom. The van der Waals surface area contributed by atoms with Gasteiger partial charge in [0.25, 0.3) is 0 Å². The summed E-state index contributed by atoms with van der Waals surface area (Å²) in [6, 6.07) is 0. The van der Waals surface area contributed by atoms with Gasteiger partial charge in [-0.1, -0.05) is 30.1 Å². The van der Waals surface area contributed by atoms with Crippen molar-refractivity contribution >= 4 is 28.3 Å². The number of thiocarbonyl (C=S) groups is 1. The van der Waals surface area contributed by atoms with Crippen LogP contribution in [0.15, 0.2) is 12.7 Å². The number of hydrogen-bond donors (Lipinski definition) is 2. The van der Waals surface area contributed by atoms with Gasteiger partial charge >= 0.3 is 0 Å². The van der Waals surface area contributed by atoms with Crippen LogP contribution in [-0.2, 0) is 0 Å². The summed E-state index contributed by atoms with van der Waals surface area (Å²) in [5.41, 5.74) is 3.71. The van der Waals surface area contributed by atoms with Crippen LogP contribution in [0.1, 0.15) is 0 Å². The smallest absolute Gasteiger partial charge is 0.134 e. The first kappa shape index (κ1) is 9.94. The molecule has 0 saturated carbocycles. The molecular formula is C6H13N2S2+. The van der Waals surface area contributed by atoms with Crippen molar-refractivity contribution < 1.29 is 5.73 Å². The fraction of sp³-hybridized carbons (Fsp3) is 0.500. The number of thioether (sulfide) groups is 1. The second-order valence-corrected chi connectivity index (χ2v) is 3.43. The molecule has 0 radical (unpaired) electrons. The first-order valence-corrected chi connectivity index (χ1v) is 4.51. The molecule has 58 valence electrons. The van der Waals surface area contributed by atoms with Crippen LogP contribution in [0.25, 0.3) is 0 Å². The van der Waals surface area contributed by atoms with E-state index in [0.717, 1.165) is 23.2 Å². The summed E-state index contributed by atoms with van der Waals surface area (Å²) in [7, 11) is 0. The van der Waals surface area contributed by atoms with Gasteiger partial charge in [-0.25, -0.2) is 0 Å². The van der Waals surface area contributed by atoms with Crippen LogP contribution in [0.4, 0.5) is 0 Å². The monoisotopic (exact) mass is 177 g/mol. The molecule has 0 spiro atoms. The van der Waals surface area contributed by atoms with Gasteiger partial charge in [0.1, 0.15) is 4.32 Å². The number of hydrogen-bond acceptors (Lipinski definition) is 2. The van der Waals surface area contributed by atoms with Gasteiger partial charge in [-0.15, -0.1) is 6.58 Å². The fourth-order valence-corrected chi connectivity index (χ4v) is 1.22. The van der Waals surface area contributed by atoms with E-state index in [1.807, 2.05) is 0 Å². The highest BCUT2D eigenvalue weighted by Gasteiger charge is 1.92. The highest BCUT2D eigenvalue weighted by atomic mass is 32.2. The molecule has 0 fully saturated rings. The van der Waals surface area contributed by atoms with Crippen LogP contribution < -0.4 is 11.1 Å². The largest absolute Gasteiger partial charge is 0.368 e. The van der Waals surface area contributed by atoms with E-state index in [9.17, 15) is 0 Å². The third-order valence-corrected chi connectivity index (χ3v) is 2.17. The Labute approximate surface area is 71.2 Å². The van der Waals surface area contributed by atoms with Gasteiger partial charge in [0.2, 0.25) is 0 Å². The van der Waals surface area contributed by atoms with Crippen molar-refractivity contribution in [2.24, 2.45) is 0 Å². The molecule has 0 atom stereocenters. The highest BCUT2D eigenvalue weighted by molar-refractivity contribution is 8.22. The molecule has 0 aromatic rings. The third-order valence-electron chi connectivity index (χ3n) is 0.768. The molecule has 0 aliphatic heterocycles. The van der Waals surface area contributed by atoms with E-state index < -0.39 is 0 Å². The Kier molecular flexibility index (Phi) is 7.01. The van der Waals surface area contributed by atoms with Crippen LogP contribution >= 0.6 is 24.0 Å². The minimum absolute atomic E-state index is 0.753. The molecule has 0 rings (SSSR count). The van der Waals surface area contributed by atoms with Crippen LogP contribution in [0.3, 0.4) is 0 Å². The maximum Gasteiger partial charge on any atom is 0.134 e. The van der Waals surface area contributed by atoms with Crippen molar-refractivity contribution in [2.45, 2.75) is 0 Å². The van der Waals surface area contributed by atoms with E-state index in [0.29, 0.717) is 0 Å².